The van der Waals surface area contributed by atoms with E-state index in [-0.39, 0.29) is 6.61 Å². The van der Waals surface area contributed by atoms with Crippen LogP contribution in [-0.2, 0) is 9.59 Å². The summed E-state index contributed by atoms with van der Waals surface area (Å²) in [5.41, 5.74) is 0.732. The fourth-order valence-electron chi connectivity index (χ4n) is 2.34. The molecule has 25 heavy (non-hydrogen) atoms. The lowest BCUT2D eigenvalue weighted by Crippen LogP contribution is -2.38. The van der Waals surface area contributed by atoms with E-state index in [2.05, 4.69) is 5.32 Å². The number of aliphatic carboxylic acids is 1. The Hall–Kier alpha value is -3.02. The van der Waals surface area contributed by atoms with Crippen LogP contribution in [0.5, 0.6) is 11.5 Å². The Morgan fingerprint density at radius 2 is 1.64 bits per heavy atom. The van der Waals surface area contributed by atoms with Gasteiger partial charge in [-0.05, 0) is 36.8 Å². The van der Waals surface area contributed by atoms with Gasteiger partial charge in [0.2, 0.25) is 0 Å². The van der Waals surface area contributed by atoms with Gasteiger partial charge < -0.3 is 19.9 Å². The van der Waals surface area contributed by atoms with Gasteiger partial charge in [0.05, 0.1) is 19.1 Å². The Morgan fingerprint density at radius 3 is 2.20 bits per heavy atom. The van der Waals surface area contributed by atoms with Crippen molar-refractivity contribution >= 4 is 11.9 Å². The molecule has 0 saturated carbocycles. The molecule has 0 saturated heterocycles. The number of carbonyl (C=O) groups excluding carboxylic acids is 1. The van der Waals surface area contributed by atoms with Crippen molar-refractivity contribution in [2.45, 2.75) is 13.0 Å². The number of carboxylic acid groups (broad SMARTS) is 1. The van der Waals surface area contributed by atoms with Crippen molar-refractivity contribution in [3.05, 3.63) is 60.2 Å². The fraction of sp³-hybridized carbons (Fsp3) is 0.263. The number of methoxy groups -OCH3 is 1. The number of carboxylic acids is 1. The predicted molar refractivity (Wildman–Crippen MR) is 92.6 cm³/mol. The molecular weight excluding hydrogens is 322 g/mol. The van der Waals surface area contributed by atoms with Crippen LogP contribution in [0.4, 0.5) is 0 Å². The zero-order valence-electron chi connectivity index (χ0n) is 14.1. The van der Waals surface area contributed by atoms with Gasteiger partial charge in [-0.15, -0.1) is 0 Å². The van der Waals surface area contributed by atoms with Gasteiger partial charge in [0.1, 0.15) is 11.5 Å². The maximum absolute atomic E-state index is 12.2. The zero-order chi connectivity index (χ0) is 18.2. The molecule has 2 aromatic carbocycles. The van der Waals surface area contributed by atoms with Gasteiger partial charge >= 0.3 is 5.97 Å². The average Bonchev–Trinajstić information content (AvgIpc) is 2.65. The number of benzene rings is 2. The van der Waals surface area contributed by atoms with Crippen molar-refractivity contribution in [1.29, 1.82) is 0 Å². The standard InChI is InChI=1S/C19H21NO5/c1-13(19(22)23)18(14-6-4-3-5-7-14)20-17(21)12-25-16-10-8-15(24-2)9-11-16/h3-11,13,18H,12H2,1-2H3,(H,20,21)(H,22,23). The van der Waals surface area contributed by atoms with E-state index in [4.69, 9.17) is 9.47 Å². The molecule has 1 amide bonds. The molecule has 2 atom stereocenters. The number of amides is 1. The quantitative estimate of drug-likeness (QED) is 0.770. The lowest BCUT2D eigenvalue weighted by atomic mass is 9.94. The van der Waals surface area contributed by atoms with Crippen molar-refractivity contribution < 1.29 is 24.2 Å². The van der Waals surface area contributed by atoms with E-state index in [9.17, 15) is 14.7 Å². The molecule has 0 heterocycles. The molecule has 2 unspecified atom stereocenters. The summed E-state index contributed by atoms with van der Waals surface area (Å²) in [6.07, 6.45) is 0. The maximum atomic E-state index is 12.2. The van der Waals surface area contributed by atoms with Gasteiger partial charge in [0.15, 0.2) is 6.61 Å². The SMILES string of the molecule is COc1ccc(OCC(=O)NC(c2ccccc2)C(C)C(=O)O)cc1. The molecule has 132 valence electrons. The number of carbonyl (C=O) groups is 2. The van der Waals surface area contributed by atoms with E-state index < -0.39 is 23.8 Å². The number of hydrogen-bond donors (Lipinski definition) is 2. The molecule has 2 aromatic rings. The van der Waals surface area contributed by atoms with E-state index in [0.29, 0.717) is 11.5 Å². The number of nitrogens with one attached hydrogen (secondary N) is 1. The second-order valence-corrected chi connectivity index (χ2v) is 5.55. The molecule has 6 nitrogen and oxygen atoms in total. The summed E-state index contributed by atoms with van der Waals surface area (Å²) in [5.74, 6) is -0.926. The second-order valence-electron chi connectivity index (χ2n) is 5.55. The Kier molecular flexibility index (Phi) is 6.39. The normalized spacial score (nSPS) is 12.7. The van der Waals surface area contributed by atoms with Crippen LogP contribution in [0.1, 0.15) is 18.5 Å². The number of ether oxygens (including phenoxy) is 2. The smallest absolute Gasteiger partial charge is 0.308 e. The minimum absolute atomic E-state index is 0.206. The average molecular weight is 343 g/mol. The summed E-state index contributed by atoms with van der Waals surface area (Å²) in [7, 11) is 1.57. The Balaban J connectivity index is 2.00. The summed E-state index contributed by atoms with van der Waals surface area (Å²) < 4.78 is 10.5. The summed E-state index contributed by atoms with van der Waals surface area (Å²) in [4.78, 5) is 23.5. The van der Waals surface area contributed by atoms with E-state index >= 15 is 0 Å². The van der Waals surface area contributed by atoms with Crippen molar-refractivity contribution in [2.24, 2.45) is 5.92 Å². The lowest BCUT2D eigenvalue weighted by Gasteiger charge is -2.23. The van der Waals surface area contributed by atoms with Gasteiger partial charge in [-0.25, -0.2) is 0 Å². The first-order valence-electron chi connectivity index (χ1n) is 7.85. The first-order valence-corrected chi connectivity index (χ1v) is 7.85. The highest BCUT2D eigenvalue weighted by Crippen LogP contribution is 2.22. The fourth-order valence-corrected chi connectivity index (χ4v) is 2.34. The van der Waals surface area contributed by atoms with Crippen LogP contribution in [0.3, 0.4) is 0 Å². The number of hydrogen-bond acceptors (Lipinski definition) is 4. The monoisotopic (exact) mass is 343 g/mol. The Labute approximate surface area is 146 Å². The number of rotatable bonds is 8. The van der Waals surface area contributed by atoms with Crippen molar-refractivity contribution in [3.63, 3.8) is 0 Å². The van der Waals surface area contributed by atoms with Crippen LogP contribution >= 0.6 is 0 Å². The minimum Gasteiger partial charge on any atom is -0.497 e. The van der Waals surface area contributed by atoms with Crippen LogP contribution in [0.2, 0.25) is 0 Å². The molecule has 0 aromatic heterocycles. The van der Waals surface area contributed by atoms with Crippen LogP contribution in [0.15, 0.2) is 54.6 Å². The molecular formula is C19H21NO5. The Bertz CT molecular complexity index is 700. The summed E-state index contributed by atoms with van der Waals surface area (Å²) in [5, 5.41) is 12.0. The molecule has 0 aliphatic rings. The third-order valence-corrected chi connectivity index (χ3v) is 3.79. The van der Waals surface area contributed by atoms with Crippen LogP contribution in [0, 0.1) is 5.92 Å². The van der Waals surface area contributed by atoms with Gasteiger partial charge in [0, 0.05) is 0 Å². The third-order valence-electron chi connectivity index (χ3n) is 3.79. The second kappa shape index (κ2) is 8.73. The van der Waals surface area contributed by atoms with Gasteiger partial charge in [0.25, 0.3) is 5.91 Å². The molecule has 2 rings (SSSR count). The van der Waals surface area contributed by atoms with Crippen LogP contribution in [0.25, 0.3) is 0 Å². The van der Waals surface area contributed by atoms with Crippen LogP contribution in [-0.4, -0.2) is 30.7 Å². The predicted octanol–water partition coefficient (Wildman–Crippen LogP) is 2.65. The highest BCUT2D eigenvalue weighted by Gasteiger charge is 2.26. The summed E-state index contributed by atoms with van der Waals surface area (Å²) >= 11 is 0. The molecule has 0 spiro atoms. The van der Waals surface area contributed by atoms with E-state index in [1.807, 2.05) is 6.07 Å². The molecule has 0 aliphatic carbocycles. The highest BCUT2D eigenvalue weighted by atomic mass is 16.5. The van der Waals surface area contributed by atoms with Crippen molar-refractivity contribution in [1.82, 2.24) is 5.32 Å². The Morgan fingerprint density at radius 1 is 1.04 bits per heavy atom. The molecule has 0 bridgehead atoms. The van der Waals surface area contributed by atoms with Crippen molar-refractivity contribution in [2.75, 3.05) is 13.7 Å². The summed E-state index contributed by atoms with van der Waals surface area (Å²) in [6, 6.07) is 15.2. The lowest BCUT2D eigenvalue weighted by molar-refractivity contribution is -0.142. The van der Waals surface area contributed by atoms with Crippen molar-refractivity contribution in [3.8, 4) is 11.5 Å². The topological polar surface area (TPSA) is 84.9 Å². The van der Waals surface area contributed by atoms with E-state index in [0.717, 1.165) is 5.56 Å². The third kappa shape index (κ3) is 5.24. The summed E-state index contributed by atoms with van der Waals surface area (Å²) in [6.45, 7) is 1.35. The maximum Gasteiger partial charge on any atom is 0.308 e. The van der Waals surface area contributed by atoms with Gasteiger partial charge in [-0.1, -0.05) is 30.3 Å². The van der Waals surface area contributed by atoms with Gasteiger partial charge in [-0.3, -0.25) is 9.59 Å². The minimum atomic E-state index is -0.981. The molecule has 6 heteroatoms. The molecule has 0 radical (unpaired) electrons. The molecule has 0 aliphatic heterocycles. The van der Waals surface area contributed by atoms with E-state index in [1.165, 1.54) is 0 Å². The largest absolute Gasteiger partial charge is 0.497 e. The zero-order valence-corrected chi connectivity index (χ0v) is 14.1. The van der Waals surface area contributed by atoms with Crippen LogP contribution < -0.4 is 14.8 Å². The van der Waals surface area contributed by atoms with E-state index in [1.54, 1.807) is 62.6 Å². The highest BCUT2D eigenvalue weighted by molar-refractivity contribution is 5.79. The van der Waals surface area contributed by atoms with Gasteiger partial charge in [-0.2, -0.15) is 0 Å². The first-order chi connectivity index (χ1) is 12.0. The first kappa shape index (κ1) is 18.3. The molecule has 0 fully saturated rings. The molecule has 2 N–H and O–H groups in total.